The number of benzene rings is 2. The first-order valence-corrected chi connectivity index (χ1v) is 9.72. The molecule has 0 saturated heterocycles. The minimum atomic E-state index is -0.257. The van der Waals surface area contributed by atoms with Gasteiger partial charge in [0.2, 0.25) is 5.16 Å². The van der Waals surface area contributed by atoms with Crippen LogP contribution >= 0.6 is 27.7 Å². The lowest BCUT2D eigenvalue weighted by atomic mass is 10.1. The molecule has 0 radical (unpaired) electrons. The molecule has 6 heteroatoms. The second kappa shape index (κ2) is 7.97. The van der Waals surface area contributed by atoms with E-state index < -0.39 is 0 Å². The minimum Gasteiger partial charge on any atom is -0.293 e. The molecular weight excluding hydrogens is 398 g/mol. The number of Topliss-reactive ketones (excluding diaryl/α,β-unsaturated/α-hetero) is 1. The predicted octanol–water partition coefficient (Wildman–Crippen LogP) is 5.16. The third-order valence-corrected chi connectivity index (χ3v) is 5.37. The zero-order valence-electron chi connectivity index (χ0n) is 14.0. The fraction of sp³-hybridized carbons (Fsp3) is 0.211. The largest absolute Gasteiger partial charge is 0.293 e. The van der Waals surface area contributed by atoms with E-state index in [0.29, 0.717) is 16.5 Å². The Labute approximate surface area is 159 Å². The van der Waals surface area contributed by atoms with Crippen LogP contribution in [0.4, 0.5) is 0 Å². The van der Waals surface area contributed by atoms with Crippen molar-refractivity contribution in [3.8, 4) is 11.4 Å². The Kier molecular flexibility index (Phi) is 5.71. The molecule has 0 fully saturated rings. The van der Waals surface area contributed by atoms with Gasteiger partial charge in [-0.25, -0.2) is 4.98 Å². The van der Waals surface area contributed by atoms with Crippen LogP contribution in [0, 0.1) is 0 Å². The third-order valence-electron chi connectivity index (χ3n) is 3.88. The number of nitrogens with one attached hydrogen (secondary N) is 1. The molecule has 0 aliphatic carbocycles. The minimum absolute atomic E-state index is 0.0659. The SMILES string of the molecule is CCc1ccc(-c2nc(SC(C)C(=O)c3ccc(Br)cc3)n[nH]2)cc1. The van der Waals surface area contributed by atoms with E-state index in [0.717, 1.165) is 16.5 Å². The highest BCUT2D eigenvalue weighted by Crippen LogP contribution is 2.25. The van der Waals surface area contributed by atoms with Crippen LogP contribution in [0.1, 0.15) is 29.8 Å². The maximum Gasteiger partial charge on any atom is 0.209 e. The molecule has 4 nitrogen and oxygen atoms in total. The highest BCUT2D eigenvalue weighted by molar-refractivity contribution is 9.10. The summed E-state index contributed by atoms with van der Waals surface area (Å²) in [5.41, 5.74) is 2.96. The molecule has 1 atom stereocenters. The van der Waals surface area contributed by atoms with Crippen LogP contribution in [0.25, 0.3) is 11.4 Å². The molecule has 1 aromatic heterocycles. The normalized spacial score (nSPS) is 12.1. The average molecular weight is 416 g/mol. The summed E-state index contributed by atoms with van der Waals surface area (Å²) in [4.78, 5) is 17.0. The number of hydrogen-bond acceptors (Lipinski definition) is 4. The second-order valence-electron chi connectivity index (χ2n) is 5.65. The monoisotopic (exact) mass is 415 g/mol. The van der Waals surface area contributed by atoms with E-state index in [4.69, 9.17) is 0 Å². The number of halogens is 1. The molecule has 1 heterocycles. The van der Waals surface area contributed by atoms with Crippen molar-refractivity contribution in [2.75, 3.05) is 0 Å². The average Bonchev–Trinajstić information content (AvgIpc) is 3.10. The van der Waals surface area contributed by atoms with Gasteiger partial charge in [-0.05, 0) is 31.0 Å². The second-order valence-corrected chi connectivity index (χ2v) is 7.87. The number of rotatable bonds is 6. The Morgan fingerprint density at radius 2 is 1.84 bits per heavy atom. The van der Waals surface area contributed by atoms with Crippen LogP contribution in [0.5, 0.6) is 0 Å². The van der Waals surface area contributed by atoms with E-state index >= 15 is 0 Å². The number of nitrogens with zero attached hydrogens (tertiary/aromatic N) is 2. The number of aromatic amines is 1. The number of aromatic nitrogens is 3. The number of thioether (sulfide) groups is 1. The van der Waals surface area contributed by atoms with E-state index in [-0.39, 0.29) is 11.0 Å². The number of carbonyl (C=O) groups excluding carboxylic acids is 1. The van der Waals surface area contributed by atoms with Crippen molar-refractivity contribution in [3.63, 3.8) is 0 Å². The molecule has 25 heavy (non-hydrogen) atoms. The zero-order chi connectivity index (χ0) is 17.8. The molecule has 0 spiro atoms. The summed E-state index contributed by atoms with van der Waals surface area (Å²) in [5, 5.41) is 7.50. The first-order chi connectivity index (χ1) is 12.1. The highest BCUT2D eigenvalue weighted by Gasteiger charge is 2.19. The predicted molar refractivity (Wildman–Crippen MR) is 105 cm³/mol. The van der Waals surface area contributed by atoms with Crippen molar-refractivity contribution in [1.82, 2.24) is 15.2 Å². The third kappa shape index (κ3) is 4.38. The summed E-state index contributed by atoms with van der Waals surface area (Å²) < 4.78 is 0.956. The van der Waals surface area contributed by atoms with Gasteiger partial charge in [0.05, 0.1) is 5.25 Å². The molecule has 1 N–H and O–H groups in total. The molecule has 0 bridgehead atoms. The van der Waals surface area contributed by atoms with Gasteiger partial charge in [0, 0.05) is 15.6 Å². The van der Waals surface area contributed by atoms with E-state index in [9.17, 15) is 4.79 Å². The number of hydrogen-bond donors (Lipinski definition) is 1. The Bertz CT molecular complexity index is 859. The molecule has 0 aliphatic rings. The molecule has 0 aliphatic heterocycles. The van der Waals surface area contributed by atoms with Crippen LogP contribution in [0.3, 0.4) is 0 Å². The van der Waals surface area contributed by atoms with E-state index in [1.807, 2.05) is 43.3 Å². The first-order valence-electron chi connectivity index (χ1n) is 8.05. The van der Waals surface area contributed by atoms with Crippen molar-refractivity contribution in [3.05, 3.63) is 64.1 Å². The lowest BCUT2D eigenvalue weighted by Gasteiger charge is -2.07. The molecule has 128 valence electrons. The van der Waals surface area contributed by atoms with E-state index in [1.165, 1.54) is 17.3 Å². The number of ketones is 1. The van der Waals surface area contributed by atoms with Gasteiger partial charge < -0.3 is 0 Å². The summed E-state index contributed by atoms with van der Waals surface area (Å²) in [6.07, 6.45) is 1.01. The molecule has 3 aromatic rings. The van der Waals surface area contributed by atoms with Crippen molar-refractivity contribution in [2.24, 2.45) is 0 Å². The van der Waals surface area contributed by atoms with Crippen LogP contribution in [0.2, 0.25) is 0 Å². The fourth-order valence-electron chi connectivity index (χ4n) is 2.39. The van der Waals surface area contributed by atoms with Crippen molar-refractivity contribution >= 4 is 33.5 Å². The Morgan fingerprint density at radius 1 is 1.16 bits per heavy atom. The molecule has 0 saturated carbocycles. The molecular formula is C19H18BrN3OS. The van der Waals surface area contributed by atoms with Crippen molar-refractivity contribution in [1.29, 1.82) is 0 Å². The fourth-order valence-corrected chi connectivity index (χ4v) is 3.45. The van der Waals surface area contributed by atoms with Gasteiger partial charge in [-0.15, -0.1) is 5.10 Å². The number of aryl methyl sites for hydroxylation is 1. The standard InChI is InChI=1S/C19H18BrN3OS/c1-3-13-4-6-15(7-5-13)18-21-19(23-22-18)25-12(2)17(24)14-8-10-16(20)11-9-14/h4-12H,3H2,1-2H3,(H,21,22,23). The van der Waals surface area contributed by atoms with Gasteiger partial charge in [-0.1, -0.05) is 71.0 Å². The Balaban J connectivity index is 1.69. The van der Waals surface area contributed by atoms with E-state index in [2.05, 4.69) is 50.2 Å². The smallest absolute Gasteiger partial charge is 0.209 e. The lowest BCUT2D eigenvalue weighted by molar-refractivity contribution is 0.0994. The molecule has 2 aromatic carbocycles. The Morgan fingerprint density at radius 3 is 2.48 bits per heavy atom. The molecule has 0 amide bonds. The first kappa shape index (κ1) is 17.9. The lowest BCUT2D eigenvalue weighted by Crippen LogP contribution is -2.13. The number of carbonyl (C=O) groups is 1. The van der Waals surface area contributed by atoms with Crippen LogP contribution in [-0.4, -0.2) is 26.2 Å². The van der Waals surface area contributed by atoms with Gasteiger partial charge in [0.15, 0.2) is 11.6 Å². The summed E-state index contributed by atoms with van der Waals surface area (Å²) in [6, 6.07) is 15.6. The van der Waals surface area contributed by atoms with Gasteiger partial charge >= 0.3 is 0 Å². The number of H-pyrrole nitrogens is 1. The van der Waals surface area contributed by atoms with Gasteiger partial charge in [-0.3, -0.25) is 9.89 Å². The summed E-state index contributed by atoms with van der Waals surface area (Å²) in [5.74, 6) is 0.782. The Hall–Kier alpha value is -1.92. The van der Waals surface area contributed by atoms with Gasteiger partial charge in [-0.2, -0.15) is 0 Å². The summed E-state index contributed by atoms with van der Waals surface area (Å²) >= 11 is 4.74. The molecule has 3 rings (SSSR count). The summed E-state index contributed by atoms with van der Waals surface area (Å²) in [7, 11) is 0. The van der Waals surface area contributed by atoms with Crippen LogP contribution in [0.15, 0.2) is 58.2 Å². The van der Waals surface area contributed by atoms with Crippen LogP contribution in [-0.2, 0) is 6.42 Å². The van der Waals surface area contributed by atoms with Crippen molar-refractivity contribution in [2.45, 2.75) is 30.7 Å². The maximum absolute atomic E-state index is 12.5. The quantitative estimate of drug-likeness (QED) is 0.446. The van der Waals surface area contributed by atoms with E-state index in [1.54, 1.807) is 0 Å². The van der Waals surface area contributed by atoms with Gasteiger partial charge in [0.25, 0.3) is 0 Å². The van der Waals surface area contributed by atoms with Crippen molar-refractivity contribution < 1.29 is 4.79 Å². The topological polar surface area (TPSA) is 58.6 Å². The van der Waals surface area contributed by atoms with Gasteiger partial charge in [0.1, 0.15) is 0 Å². The molecule has 1 unspecified atom stereocenters. The highest BCUT2D eigenvalue weighted by atomic mass is 79.9. The zero-order valence-corrected chi connectivity index (χ0v) is 16.4. The van der Waals surface area contributed by atoms with Crippen LogP contribution < -0.4 is 0 Å². The maximum atomic E-state index is 12.5. The summed E-state index contributed by atoms with van der Waals surface area (Å²) in [6.45, 7) is 4.00.